The summed E-state index contributed by atoms with van der Waals surface area (Å²) in [6, 6.07) is 16.8. The van der Waals surface area contributed by atoms with Gasteiger partial charge in [0, 0.05) is 32.4 Å². The first kappa shape index (κ1) is 50.3. The normalized spacial score (nSPS) is 14.6. The van der Waals surface area contributed by atoms with E-state index in [1.54, 1.807) is 30.3 Å². The zero-order valence-corrected chi connectivity index (χ0v) is 37.9. The number of methoxy groups -OCH3 is 1. The van der Waals surface area contributed by atoms with Crippen LogP contribution in [0.3, 0.4) is 0 Å². The van der Waals surface area contributed by atoms with E-state index in [2.05, 4.69) is 34.1 Å². The van der Waals surface area contributed by atoms with Crippen LogP contribution < -0.4 is 15.0 Å². The van der Waals surface area contributed by atoms with Gasteiger partial charge in [-0.2, -0.15) is 15.6 Å². The highest BCUT2D eigenvalue weighted by Crippen LogP contribution is 2.52. The number of hydrogen-bond donors (Lipinski definition) is 2. The monoisotopic (exact) mass is 897 g/mol. The highest BCUT2D eigenvalue weighted by Gasteiger charge is 2.42. The van der Waals surface area contributed by atoms with Crippen molar-refractivity contribution in [3.63, 3.8) is 0 Å². The van der Waals surface area contributed by atoms with Crippen molar-refractivity contribution in [3.8, 4) is 23.8 Å². The third kappa shape index (κ3) is 16.7. The number of aliphatic hydroxyl groups is 1. The molecule has 1 aromatic carbocycles. The van der Waals surface area contributed by atoms with Gasteiger partial charge in [0.05, 0.1) is 35.6 Å². The topological polar surface area (TPSA) is 219 Å². The standard InChI is InChI=1S/C44H61ClN7O9P/c1-5-6-7-8-9-10-11-12-13-14-15-18-25-56-29-35(59-41-26-34(28-46)23-24-49-41)30-57-62(54,61-39-20-17-16-19-36(39)45)58-32-44(31-47,55-4)27-40(60-43(2,3)53)37-21-22-38-42(48)50-33-51-52(37)38/h16-17,19-24,26,33,35,40,53H,5-15,18,25,27,29-30,32H2,1-4H3,(H2,48,50,51)/t35-,40-,44-,62?/m1/s1. The van der Waals surface area contributed by atoms with Crippen molar-refractivity contribution in [1.29, 1.82) is 10.5 Å². The van der Waals surface area contributed by atoms with Gasteiger partial charge in [-0.25, -0.2) is 19.0 Å². The van der Waals surface area contributed by atoms with Gasteiger partial charge >= 0.3 is 7.82 Å². The fraction of sp³-hybridized carbons (Fsp3) is 0.568. The number of hydrogen-bond acceptors (Lipinski definition) is 15. The number of pyridine rings is 1. The van der Waals surface area contributed by atoms with Crippen LogP contribution >= 0.6 is 19.4 Å². The molecular formula is C44H61ClN7O9P. The molecular weight excluding hydrogens is 837 g/mol. The molecule has 0 bridgehead atoms. The molecule has 16 nitrogen and oxygen atoms in total. The van der Waals surface area contributed by atoms with Crippen molar-refractivity contribution in [3.05, 3.63) is 77.3 Å². The smallest absolute Gasteiger partial charge is 0.469 e. The van der Waals surface area contributed by atoms with Gasteiger partial charge in [0.1, 0.15) is 42.5 Å². The summed E-state index contributed by atoms with van der Waals surface area (Å²) in [6.45, 7) is 4.51. The summed E-state index contributed by atoms with van der Waals surface area (Å²) in [6.07, 6.45) is 15.0. The molecule has 3 aromatic heterocycles. The maximum atomic E-state index is 14.7. The predicted octanol–water partition coefficient (Wildman–Crippen LogP) is 9.70. The number of phosphoric acid groups is 1. The molecule has 0 fully saturated rings. The second-order valence-corrected chi connectivity index (χ2v) is 17.5. The number of nitrogens with two attached hydrogens (primary N) is 1. The number of unbranched alkanes of at least 4 members (excludes halogenated alkanes) is 11. The van der Waals surface area contributed by atoms with Crippen LogP contribution in [0.25, 0.3) is 5.52 Å². The number of phosphoric ester groups is 1. The Kier molecular flexibility index (Phi) is 20.8. The Balaban J connectivity index is 1.47. The fourth-order valence-corrected chi connectivity index (χ4v) is 8.10. The van der Waals surface area contributed by atoms with E-state index >= 15 is 0 Å². The van der Waals surface area contributed by atoms with Crippen LogP contribution in [-0.2, 0) is 27.8 Å². The molecule has 0 amide bonds. The molecule has 0 saturated carbocycles. The molecule has 62 heavy (non-hydrogen) atoms. The predicted molar refractivity (Wildman–Crippen MR) is 234 cm³/mol. The lowest BCUT2D eigenvalue weighted by Crippen LogP contribution is -2.40. The van der Waals surface area contributed by atoms with E-state index < -0.39 is 44.6 Å². The SMILES string of the molecule is CCCCCCCCCCCCCCOC[C@H](COP(=O)(OC[C@](C#N)(C[C@@H](OC(C)(C)O)c1ccc2c(N)ncnn12)OC)Oc1ccccc1Cl)Oc1cc(C#N)ccn1. The van der Waals surface area contributed by atoms with Gasteiger partial charge in [-0.1, -0.05) is 101 Å². The molecule has 4 atom stereocenters. The summed E-state index contributed by atoms with van der Waals surface area (Å²) in [5, 5.41) is 35.2. The largest absolute Gasteiger partial charge is 0.530 e. The first-order valence-electron chi connectivity index (χ1n) is 21.2. The number of nitrogens with zero attached hydrogens (tertiary/aromatic N) is 6. The van der Waals surface area contributed by atoms with Crippen LogP contribution in [-0.4, -0.2) is 75.7 Å². The zero-order chi connectivity index (χ0) is 44.9. The zero-order valence-electron chi connectivity index (χ0n) is 36.2. The average Bonchev–Trinajstić information content (AvgIpc) is 3.70. The average molecular weight is 898 g/mol. The second kappa shape index (κ2) is 25.7. The number of halogens is 1. The molecule has 0 aliphatic heterocycles. The molecule has 0 spiro atoms. The van der Waals surface area contributed by atoms with Crippen LogP contribution in [0.4, 0.5) is 5.82 Å². The maximum absolute atomic E-state index is 14.7. The van der Waals surface area contributed by atoms with Gasteiger partial charge in [-0.15, -0.1) is 0 Å². The van der Waals surface area contributed by atoms with Crippen molar-refractivity contribution >= 4 is 30.8 Å². The number of ether oxygens (including phenoxy) is 4. The lowest BCUT2D eigenvalue weighted by molar-refractivity contribution is -0.219. The Morgan fingerprint density at radius 2 is 1.63 bits per heavy atom. The second-order valence-electron chi connectivity index (χ2n) is 15.5. The summed E-state index contributed by atoms with van der Waals surface area (Å²) in [5.41, 5.74) is 5.42. The molecule has 18 heteroatoms. The minimum Gasteiger partial charge on any atom is -0.469 e. The number of para-hydroxylation sites is 1. The third-order valence-corrected chi connectivity index (χ3v) is 11.5. The number of fused-ring (bicyclic) bond motifs is 1. The molecule has 0 aliphatic rings. The van der Waals surface area contributed by atoms with Gasteiger partial charge in [0.15, 0.2) is 17.2 Å². The molecule has 3 N–H and O–H groups in total. The molecule has 4 rings (SSSR count). The number of anilines is 1. The van der Waals surface area contributed by atoms with Crippen LogP contribution in [0.5, 0.6) is 11.6 Å². The Labute approximate surface area is 370 Å². The Morgan fingerprint density at radius 1 is 0.935 bits per heavy atom. The van der Waals surface area contributed by atoms with Crippen molar-refractivity contribution in [2.75, 3.05) is 39.3 Å². The van der Waals surface area contributed by atoms with E-state index in [0.717, 1.165) is 19.3 Å². The fourth-order valence-electron chi connectivity index (χ4n) is 6.57. The van der Waals surface area contributed by atoms with Crippen molar-refractivity contribution in [2.45, 2.75) is 128 Å². The summed E-state index contributed by atoms with van der Waals surface area (Å²) in [5.74, 6) is -1.36. The van der Waals surface area contributed by atoms with Crippen LogP contribution in [0.2, 0.25) is 5.02 Å². The summed E-state index contributed by atoms with van der Waals surface area (Å²) >= 11 is 6.42. The lowest BCUT2D eigenvalue weighted by Gasteiger charge is -2.33. The molecule has 1 unspecified atom stereocenters. The molecule has 0 aliphatic carbocycles. The lowest BCUT2D eigenvalue weighted by atomic mass is 9.96. The quantitative estimate of drug-likeness (QED) is 0.0273. The number of nitrogen functional groups attached to an aromatic ring is 1. The van der Waals surface area contributed by atoms with Gasteiger partial charge in [0.25, 0.3) is 0 Å². The van der Waals surface area contributed by atoms with Crippen LogP contribution in [0.15, 0.2) is 61.1 Å². The van der Waals surface area contributed by atoms with Crippen molar-refractivity contribution in [2.24, 2.45) is 0 Å². The Hall–Kier alpha value is -4.35. The first-order valence-corrected chi connectivity index (χ1v) is 23.1. The summed E-state index contributed by atoms with van der Waals surface area (Å²) in [7, 11) is -3.40. The van der Waals surface area contributed by atoms with E-state index in [4.69, 9.17) is 49.9 Å². The Bertz CT molecular complexity index is 2090. The van der Waals surface area contributed by atoms with E-state index in [9.17, 15) is 20.2 Å². The number of nitriles is 2. The van der Waals surface area contributed by atoms with Gasteiger partial charge in [0.2, 0.25) is 5.88 Å². The molecule has 0 saturated heterocycles. The van der Waals surface area contributed by atoms with Crippen molar-refractivity contribution < 1.29 is 42.2 Å². The maximum Gasteiger partial charge on any atom is 0.530 e. The molecule has 4 aromatic rings. The highest BCUT2D eigenvalue weighted by atomic mass is 35.5. The number of aromatic nitrogens is 4. The van der Waals surface area contributed by atoms with E-state index in [1.807, 2.05) is 0 Å². The van der Waals surface area contributed by atoms with E-state index in [0.29, 0.717) is 23.4 Å². The Morgan fingerprint density at radius 3 is 2.27 bits per heavy atom. The minimum atomic E-state index is -4.68. The van der Waals surface area contributed by atoms with E-state index in [-0.39, 0.29) is 35.5 Å². The van der Waals surface area contributed by atoms with Gasteiger partial charge < -0.3 is 34.3 Å². The third-order valence-electron chi connectivity index (χ3n) is 9.90. The number of benzene rings is 1. The minimum absolute atomic E-state index is 0.0120. The van der Waals surface area contributed by atoms with Gasteiger partial charge in [-0.3, -0.25) is 9.05 Å². The van der Waals surface area contributed by atoms with Crippen molar-refractivity contribution in [1.82, 2.24) is 19.6 Å². The summed E-state index contributed by atoms with van der Waals surface area (Å²) < 4.78 is 57.8. The molecule has 3 heterocycles. The van der Waals surface area contributed by atoms with E-state index in [1.165, 1.54) is 114 Å². The van der Waals surface area contributed by atoms with Gasteiger partial charge in [-0.05, 0) is 50.6 Å². The van der Waals surface area contributed by atoms with Crippen LogP contribution in [0, 0.1) is 22.7 Å². The van der Waals surface area contributed by atoms with Crippen LogP contribution in [0.1, 0.15) is 122 Å². The molecule has 0 radical (unpaired) electrons. The summed E-state index contributed by atoms with van der Waals surface area (Å²) in [4.78, 5) is 8.25. The first-order chi connectivity index (χ1) is 29.8. The number of rotatable bonds is 31. The highest BCUT2D eigenvalue weighted by molar-refractivity contribution is 7.49. The molecule has 338 valence electrons.